The minimum absolute atomic E-state index is 0.515. The number of tetrazole rings is 1. The predicted octanol–water partition coefficient (Wildman–Crippen LogP) is 2.58. The lowest BCUT2D eigenvalue weighted by atomic mass is 10.1. The quantitative estimate of drug-likeness (QED) is 0.886. The van der Waals surface area contributed by atoms with Gasteiger partial charge in [0, 0.05) is 11.4 Å². The lowest BCUT2D eigenvalue weighted by Gasteiger charge is -2.08. The zero-order valence-corrected chi connectivity index (χ0v) is 12.7. The fourth-order valence-electron chi connectivity index (χ4n) is 2.10. The van der Waals surface area contributed by atoms with E-state index in [1.165, 1.54) is 28.9 Å². The van der Waals surface area contributed by atoms with E-state index in [9.17, 15) is 0 Å². The van der Waals surface area contributed by atoms with Crippen molar-refractivity contribution in [3.05, 3.63) is 29.3 Å². The van der Waals surface area contributed by atoms with Crippen molar-refractivity contribution in [3.63, 3.8) is 0 Å². The summed E-state index contributed by atoms with van der Waals surface area (Å²) in [6.07, 6.45) is 2.39. The van der Waals surface area contributed by atoms with Crippen LogP contribution >= 0.6 is 11.8 Å². The highest BCUT2D eigenvalue weighted by Crippen LogP contribution is 2.38. The highest BCUT2D eigenvalue weighted by atomic mass is 32.2. The molecule has 1 saturated carbocycles. The molecule has 0 spiro atoms. The SMILES string of the molecule is CCNCc1ccc(Sc2nnnn2C2CC2)cc1C. The molecule has 0 amide bonds. The standard InChI is InChI=1S/C14H19N5S/c1-3-15-9-11-4-7-13(8-10(11)2)20-14-16-17-18-19(14)12-5-6-12/h4,7-8,12,15H,3,5-6,9H2,1-2H3. The normalized spacial score (nSPS) is 14.7. The monoisotopic (exact) mass is 289 g/mol. The number of hydrogen-bond donors (Lipinski definition) is 1. The smallest absolute Gasteiger partial charge is 0.214 e. The Labute approximate surface area is 123 Å². The summed E-state index contributed by atoms with van der Waals surface area (Å²) in [7, 11) is 0. The molecule has 0 atom stereocenters. The Bertz CT molecular complexity index is 591. The molecule has 6 heteroatoms. The molecule has 5 nitrogen and oxygen atoms in total. The Balaban J connectivity index is 1.74. The van der Waals surface area contributed by atoms with E-state index in [0.29, 0.717) is 6.04 Å². The number of hydrogen-bond acceptors (Lipinski definition) is 5. The van der Waals surface area contributed by atoms with Gasteiger partial charge in [0.15, 0.2) is 0 Å². The molecule has 2 aromatic rings. The summed E-state index contributed by atoms with van der Waals surface area (Å²) in [5, 5.41) is 16.3. The molecular weight excluding hydrogens is 270 g/mol. The van der Waals surface area contributed by atoms with Crippen LogP contribution in [-0.2, 0) is 6.54 Å². The topological polar surface area (TPSA) is 55.6 Å². The van der Waals surface area contributed by atoms with Gasteiger partial charge in [-0.05, 0) is 71.8 Å². The third-order valence-electron chi connectivity index (χ3n) is 3.44. The first kappa shape index (κ1) is 13.6. The molecule has 1 heterocycles. The van der Waals surface area contributed by atoms with Crippen molar-refractivity contribution in [1.82, 2.24) is 25.5 Å². The van der Waals surface area contributed by atoms with Crippen LogP contribution in [0.4, 0.5) is 0 Å². The van der Waals surface area contributed by atoms with E-state index in [2.05, 4.69) is 52.9 Å². The molecule has 1 aromatic heterocycles. The molecule has 1 aliphatic rings. The average Bonchev–Trinajstić information content (AvgIpc) is 3.19. The largest absolute Gasteiger partial charge is 0.313 e. The van der Waals surface area contributed by atoms with Crippen molar-refractivity contribution in [2.45, 2.75) is 49.3 Å². The lowest BCUT2D eigenvalue weighted by Crippen LogP contribution is -2.12. The molecule has 0 unspecified atom stereocenters. The summed E-state index contributed by atoms with van der Waals surface area (Å²) in [6, 6.07) is 7.06. The van der Waals surface area contributed by atoms with E-state index in [4.69, 9.17) is 0 Å². The number of aryl methyl sites for hydroxylation is 1. The summed E-state index contributed by atoms with van der Waals surface area (Å²) >= 11 is 1.64. The number of benzene rings is 1. The van der Waals surface area contributed by atoms with E-state index in [-0.39, 0.29) is 0 Å². The van der Waals surface area contributed by atoms with Gasteiger partial charge in [0.1, 0.15) is 0 Å². The fraction of sp³-hybridized carbons (Fsp3) is 0.500. The molecule has 0 bridgehead atoms. The van der Waals surface area contributed by atoms with Crippen LogP contribution in [0.25, 0.3) is 0 Å². The summed E-state index contributed by atoms with van der Waals surface area (Å²) in [4.78, 5) is 1.19. The predicted molar refractivity (Wildman–Crippen MR) is 78.8 cm³/mol. The molecule has 0 radical (unpaired) electrons. The maximum absolute atomic E-state index is 4.13. The first-order valence-corrected chi connectivity index (χ1v) is 7.85. The van der Waals surface area contributed by atoms with Crippen molar-refractivity contribution in [3.8, 4) is 0 Å². The van der Waals surface area contributed by atoms with Gasteiger partial charge in [0.2, 0.25) is 5.16 Å². The van der Waals surface area contributed by atoms with E-state index in [1.807, 2.05) is 4.68 Å². The Morgan fingerprint density at radius 3 is 2.95 bits per heavy atom. The average molecular weight is 289 g/mol. The molecule has 0 saturated heterocycles. The summed E-state index contributed by atoms with van der Waals surface area (Å²) in [5.74, 6) is 0. The van der Waals surface area contributed by atoms with Gasteiger partial charge in [0.25, 0.3) is 0 Å². The molecule has 0 aliphatic heterocycles. The summed E-state index contributed by atoms with van der Waals surface area (Å²) in [6.45, 7) is 6.19. The number of aromatic nitrogens is 4. The molecule has 1 aliphatic carbocycles. The van der Waals surface area contributed by atoms with Crippen molar-refractivity contribution in [2.75, 3.05) is 6.54 Å². The lowest BCUT2D eigenvalue weighted by molar-refractivity contribution is 0.565. The molecular formula is C14H19N5S. The van der Waals surface area contributed by atoms with Crippen molar-refractivity contribution >= 4 is 11.8 Å². The number of rotatable bonds is 6. The van der Waals surface area contributed by atoms with Crippen molar-refractivity contribution in [1.29, 1.82) is 0 Å². The molecule has 20 heavy (non-hydrogen) atoms. The second-order valence-electron chi connectivity index (χ2n) is 5.11. The van der Waals surface area contributed by atoms with Gasteiger partial charge >= 0.3 is 0 Å². The Kier molecular flexibility index (Phi) is 4.03. The van der Waals surface area contributed by atoms with Crippen molar-refractivity contribution < 1.29 is 0 Å². The minimum Gasteiger partial charge on any atom is -0.313 e. The third-order valence-corrected chi connectivity index (χ3v) is 4.38. The van der Waals surface area contributed by atoms with Crippen molar-refractivity contribution in [2.24, 2.45) is 0 Å². The Morgan fingerprint density at radius 1 is 1.40 bits per heavy atom. The van der Waals surface area contributed by atoms with Crippen LogP contribution in [-0.4, -0.2) is 26.8 Å². The number of nitrogens with zero attached hydrogens (tertiary/aromatic N) is 4. The zero-order chi connectivity index (χ0) is 13.9. The van der Waals surface area contributed by atoms with Gasteiger partial charge in [-0.3, -0.25) is 0 Å². The third kappa shape index (κ3) is 3.02. The first-order valence-electron chi connectivity index (χ1n) is 7.04. The van der Waals surface area contributed by atoms with Crippen LogP contribution in [0.15, 0.2) is 28.3 Å². The second-order valence-corrected chi connectivity index (χ2v) is 6.15. The maximum atomic E-state index is 4.13. The minimum atomic E-state index is 0.515. The van der Waals surface area contributed by atoms with Crippen LogP contribution in [0.1, 0.15) is 36.9 Å². The van der Waals surface area contributed by atoms with Crippen LogP contribution in [0.5, 0.6) is 0 Å². The van der Waals surface area contributed by atoms with Crippen LogP contribution < -0.4 is 5.32 Å². The van der Waals surface area contributed by atoms with Gasteiger partial charge < -0.3 is 5.32 Å². The zero-order valence-electron chi connectivity index (χ0n) is 11.8. The van der Waals surface area contributed by atoms with Gasteiger partial charge in [-0.15, -0.1) is 5.10 Å². The Hall–Kier alpha value is -1.40. The maximum Gasteiger partial charge on any atom is 0.214 e. The highest BCUT2D eigenvalue weighted by molar-refractivity contribution is 7.99. The molecule has 1 N–H and O–H groups in total. The number of nitrogens with one attached hydrogen (secondary N) is 1. The molecule has 1 fully saturated rings. The van der Waals surface area contributed by atoms with Gasteiger partial charge in [-0.2, -0.15) is 0 Å². The van der Waals surface area contributed by atoms with Gasteiger partial charge in [0.05, 0.1) is 6.04 Å². The molecule has 1 aromatic carbocycles. The first-order chi connectivity index (χ1) is 9.78. The van der Waals surface area contributed by atoms with E-state index in [1.54, 1.807) is 11.8 Å². The fourth-order valence-corrected chi connectivity index (χ4v) is 3.04. The highest BCUT2D eigenvalue weighted by Gasteiger charge is 2.28. The van der Waals surface area contributed by atoms with E-state index >= 15 is 0 Å². The molecule has 106 valence electrons. The summed E-state index contributed by atoms with van der Waals surface area (Å²) in [5.41, 5.74) is 2.65. The van der Waals surface area contributed by atoms with E-state index < -0.39 is 0 Å². The molecule has 3 rings (SSSR count). The van der Waals surface area contributed by atoms with Gasteiger partial charge in [-0.1, -0.05) is 13.0 Å². The van der Waals surface area contributed by atoms with Crippen LogP contribution in [0.3, 0.4) is 0 Å². The second kappa shape index (κ2) is 5.93. The van der Waals surface area contributed by atoms with Gasteiger partial charge in [-0.25, -0.2) is 4.68 Å². The summed E-state index contributed by atoms with van der Waals surface area (Å²) < 4.78 is 1.95. The van der Waals surface area contributed by atoms with Crippen LogP contribution in [0, 0.1) is 6.92 Å². The van der Waals surface area contributed by atoms with E-state index in [0.717, 1.165) is 18.2 Å². The van der Waals surface area contributed by atoms with Crippen LogP contribution in [0.2, 0.25) is 0 Å². The Morgan fingerprint density at radius 2 is 2.25 bits per heavy atom.